The van der Waals surface area contributed by atoms with Crippen molar-refractivity contribution >= 4 is 5.65 Å². The monoisotopic (exact) mass is 309 g/mol. The number of rotatable bonds is 3. The van der Waals surface area contributed by atoms with Gasteiger partial charge in [-0.2, -0.15) is 0 Å². The molecule has 5 heteroatoms. The second-order valence-corrected chi connectivity index (χ2v) is 6.83. The summed E-state index contributed by atoms with van der Waals surface area (Å²) in [5.74, 6) is 1.16. The second kappa shape index (κ2) is 4.55. The molecule has 118 valence electrons. The fraction of sp³-hybridized carbons (Fsp3) is 0.333. The minimum absolute atomic E-state index is 0.147. The molecule has 1 aliphatic rings. The summed E-state index contributed by atoms with van der Waals surface area (Å²) >= 11 is 0. The summed E-state index contributed by atoms with van der Waals surface area (Å²) in [4.78, 5) is 0. The molecule has 0 unspecified atom stereocenters. The maximum atomic E-state index is 10.4. The summed E-state index contributed by atoms with van der Waals surface area (Å²) in [6, 6.07) is 11.1. The van der Waals surface area contributed by atoms with Crippen LogP contribution in [-0.2, 0) is 11.0 Å². The number of aliphatic hydroxyl groups is 1. The van der Waals surface area contributed by atoms with E-state index < -0.39 is 5.60 Å². The van der Waals surface area contributed by atoms with Gasteiger partial charge in [0.05, 0.1) is 11.0 Å². The molecule has 0 bridgehead atoms. The maximum Gasteiger partial charge on any atom is 0.166 e. The summed E-state index contributed by atoms with van der Waals surface area (Å²) in [5.41, 5.74) is 1.48. The van der Waals surface area contributed by atoms with Crippen LogP contribution in [0.5, 0.6) is 5.75 Å². The van der Waals surface area contributed by atoms with Crippen LogP contribution in [0, 0.1) is 0 Å². The highest BCUT2D eigenvalue weighted by atomic mass is 16.3. The quantitative estimate of drug-likeness (QED) is 0.780. The van der Waals surface area contributed by atoms with E-state index in [4.69, 9.17) is 0 Å². The van der Waals surface area contributed by atoms with Crippen molar-refractivity contribution < 1.29 is 10.2 Å². The Morgan fingerprint density at radius 1 is 1.09 bits per heavy atom. The highest BCUT2D eigenvalue weighted by Gasteiger charge is 2.49. The molecule has 0 atom stereocenters. The molecule has 1 saturated carbocycles. The molecule has 5 nitrogen and oxygen atoms in total. The number of benzene rings is 1. The van der Waals surface area contributed by atoms with E-state index >= 15 is 0 Å². The standard InChI is InChI=1S/C18H19N3O2/c1-17(2,23)14-4-3-11-21-15(14)19-20-16(21)18(9-10-18)12-5-7-13(22)8-6-12/h3-8,11,22-23H,9-10H2,1-2H3. The summed E-state index contributed by atoms with van der Waals surface area (Å²) < 4.78 is 1.98. The van der Waals surface area contributed by atoms with Crippen LogP contribution in [0.4, 0.5) is 0 Å². The largest absolute Gasteiger partial charge is 0.508 e. The zero-order valence-corrected chi connectivity index (χ0v) is 13.2. The van der Waals surface area contributed by atoms with Crippen molar-refractivity contribution in [3.63, 3.8) is 0 Å². The fourth-order valence-electron chi connectivity index (χ4n) is 3.27. The van der Waals surface area contributed by atoms with Gasteiger partial charge in [-0.15, -0.1) is 10.2 Å². The molecule has 0 radical (unpaired) electrons. The molecule has 4 rings (SSSR count). The van der Waals surface area contributed by atoms with E-state index in [9.17, 15) is 10.2 Å². The molecular weight excluding hydrogens is 290 g/mol. The van der Waals surface area contributed by atoms with Gasteiger partial charge < -0.3 is 10.2 Å². The number of nitrogens with zero attached hydrogens (tertiary/aromatic N) is 3. The molecule has 0 amide bonds. The number of pyridine rings is 1. The van der Waals surface area contributed by atoms with Gasteiger partial charge in [-0.25, -0.2) is 0 Å². The minimum atomic E-state index is -0.970. The van der Waals surface area contributed by atoms with Crippen molar-refractivity contribution in [1.82, 2.24) is 14.6 Å². The first-order valence-corrected chi connectivity index (χ1v) is 7.78. The van der Waals surface area contributed by atoms with Crippen molar-refractivity contribution in [2.75, 3.05) is 0 Å². The van der Waals surface area contributed by atoms with Gasteiger partial charge in [0.25, 0.3) is 0 Å². The van der Waals surface area contributed by atoms with Crippen LogP contribution in [-0.4, -0.2) is 24.8 Å². The Morgan fingerprint density at radius 3 is 2.39 bits per heavy atom. The van der Waals surface area contributed by atoms with Gasteiger partial charge in [-0.1, -0.05) is 18.2 Å². The molecule has 1 aromatic carbocycles. The van der Waals surface area contributed by atoms with Gasteiger partial charge in [0.1, 0.15) is 11.6 Å². The lowest BCUT2D eigenvalue weighted by atomic mass is 9.94. The first-order chi connectivity index (χ1) is 10.9. The predicted octanol–water partition coefficient (Wildman–Crippen LogP) is 2.74. The number of hydrogen-bond donors (Lipinski definition) is 2. The van der Waals surface area contributed by atoms with E-state index in [-0.39, 0.29) is 11.2 Å². The number of fused-ring (bicyclic) bond motifs is 1. The Bertz CT molecular complexity index is 871. The Balaban J connectivity index is 1.89. The average Bonchev–Trinajstić information content (AvgIpc) is 3.19. The third kappa shape index (κ3) is 2.11. The Labute approximate surface area is 134 Å². The van der Waals surface area contributed by atoms with Crippen molar-refractivity contribution in [1.29, 1.82) is 0 Å². The zero-order chi connectivity index (χ0) is 16.2. The van der Waals surface area contributed by atoms with Gasteiger partial charge in [0.2, 0.25) is 0 Å². The van der Waals surface area contributed by atoms with E-state index in [1.807, 2.05) is 34.9 Å². The van der Waals surface area contributed by atoms with Crippen molar-refractivity contribution in [3.8, 4) is 5.75 Å². The summed E-state index contributed by atoms with van der Waals surface area (Å²) in [6.07, 6.45) is 3.96. The molecule has 1 fully saturated rings. The average molecular weight is 309 g/mol. The Hall–Kier alpha value is -2.40. The smallest absolute Gasteiger partial charge is 0.166 e. The minimum Gasteiger partial charge on any atom is -0.508 e. The summed E-state index contributed by atoms with van der Waals surface area (Å²) in [6.45, 7) is 3.51. The second-order valence-electron chi connectivity index (χ2n) is 6.83. The van der Waals surface area contributed by atoms with E-state index in [1.165, 1.54) is 0 Å². The molecule has 0 aliphatic heterocycles. The van der Waals surface area contributed by atoms with Crippen molar-refractivity contribution in [3.05, 3.63) is 59.5 Å². The maximum absolute atomic E-state index is 10.4. The summed E-state index contributed by atoms with van der Waals surface area (Å²) in [5, 5.41) is 28.6. The van der Waals surface area contributed by atoms with E-state index in [0.29, 0.717) is 5.65 Å². The third-order valence-corrected chi connectivity index (χ3v) is 4.69. The van der Waals surface area contributed by atoms with E-state index in [0.717, 1.165) is 29.8 Å². The van der Waals surface area contributed by atoms with Crippen LogP contribution in [0.3, 0.4) is 0 Å². The molecular formula is C18H19N3O2. The van der Waals surface area contributed by atoms with Crippen LogP contribution in [0.25, 0.3) is 5.65 Å². The highest BCUT2D eigenvalue weighted by molar-refractivity contribution is 5.53. The van der Waals surface area contributed by atoms with Crippen molar-refractivity contribution in [2.45, 2.75) is 37.7 Å². The molecule has 23 heavy (non-hydrogen) atoms. The predicted molar refractivity (Wildman–Crippen MR) is 86.4 cm³/mol. The number of aromatic nitrogens is 3. The van der Waals surface area contributed by atoms with Gasteiger partial charge in [0.15, 0.2) is 5.65 Å². The molecule has 2 aromatic heterocycles. The van der Waals surface area contributed by atoms with Crippen LogP contribution >= 0.6 is 0 Å². The fourth-order valence-corrected chi connectivity index (χ4v) is 3.27. The lowest BCUT2D eigenvalue weighted by Crippen LogP contribution is -2.18. The molecule has 0 spiro atoms. The Morgan fingerprint density at radius 2 is 1.78 bits per heavy atom. The van der Waals surface area contributed by atoms with Crippen LogP contribution in [0.1, 0.15) is 43.6 Å². The normalized spacial score (nSPS) is 16.7. The summed E-state index contributed by atoms with van der Waals surface area (Å²) in [7, 11) is 0. The van der Waals surface area contributed by atoms with Crippen LogP contribution < -0.4 is 0 Å². The zero-order valence-electron chi connectivity index (χ0n) is 13.2. The number of hydrogen-bond acceptors (Lipinski definition) is 4. The molecule has 0 saturated heterocycles. The Kier molecular flexibility index (Phi) is 2.81. The molecule has 3 aromatic rings. The number of aromatic hydroxyl groups is 1. The molecule has 2 heterocycles. The first kappa shape index (κ1) is 14.2. The van der Waals surface area contributed by atoms with E-state index in [1.54, 1.807) is 26.0 Å². The topological polar surface area (TPSA) is 70.7 Å². The van der Waals surface area contributed by atoms with E-state index in [2.05, 4.69) is 10.2 Å². The van der Waals surface area contributed by atoms with Gasteiger partial charge in [0, 0.05) is 11.8 Å². The third-order valence-electron chi connectivity index (χ3n) is 4.69. The lowest BCUT2D eigenvalue weighted by molar-refractivity contribution is 0.0796. The highest BCUT2D eigenvalue weighted by Crippen LogP contribution is 2.53. The number of phenolic OH excluding ortho intramolecular Hbond substituents is 1. The first-order valence-electron chi connectivity index (χ1n) is 7.78. The SMILES string of the molecule is CC(C)(O)c1cccn2c(C3(c4ccc(O)cc4)CC3)nnc12. The van der Waals surface area contributed by atoms with Gasteiger partial charge in [-0.3, -0.25) is 4.40 Å². The van der Waals surface area contributed by atoms with Crippen LogP contribution in [0.2, 0.25) is 0 Å². The van der Waals surface area contributed by atoms with Crippen LogP contribution in [0.15, 0.2) is 42.6 Å². The molecule has 2 N–H and O–H groups in total. The lowest BCUT2D eigenvalue weighted by Gasteiger charge is -2.19. The molecule has 1 aliphatic carbocycles. The van der Waals surface area contributed by atoms with Gasteiger partial charge >= 0.3 is 0 Å². The number of phenols is 1. The van der Waals surface area contributed by atoms with Crippen molar-refractivity contribution in [2.24, 2.45) is 0 Å². The van der Waals surface area contributed by atoms with Gasteiger partial charge in [-0.05, 0) is 50.5 Å².